The largest absolute Gasteiger partial charge is 0.463 e. The van der Waals surface area contributed by atoms with E-state index in [2.05, 4.69) is 22.5 Å². The SMILES string of the molecule is NC1=NC(c2csc3ccccc23)CO1. The molecule has 0 radical (unpaired) electrons. The number of amidine groups is 1. The van der Waals surface area contributed by atoms with Crippen molar-refractivity contribution in [1.29, 1.82) is 0 Å². The summed E-state index contributed by atoms with van der Waals surface area (Å²) in [7, 11) is 0. The summed E-state index contributed by atoms with van der Waals surface area (Å²) < 4.78 is 6.46. The van der Waals surface area contributed by atoms with E-state index in [4.69, 9.17) is 10.5 Å². The second kappa shape index (κ2) is 3.24. The highest BCUT2D eigenvalue weighted by Crippen LogP contribution is 2.33. The van der Waals surface area contributed by atoms with Crippen molar-refractivity contribution in [1.82, 2.24) is 0 Å². The van der Waals surface area contributed by atoms with Crippen molar-refractivity contribution < 1.29 is 4.74 Å². The molecule has 2 aromatic rings. The van der Waals surface area contributed by atoms with E-state index in [-0.39, 0.29) is 6.04 Å². The molecule has 3 nitrogen and oxygen atoms in total. The van der Waals surface area contributed by atoms with E-state index in [1.54, 1.807) is 11.3 Å². The molecule has 76 valence electrons. The molecule has 0 amide bonds. The number of hydrogen-bond acceptors (Lipinski definition) is 4. The molecule has 15 heavy (non-hydrogen) atoms. The predicted molar refractivity (Wildman–Crippen MR) is 62.1 cm³/mol. The maximum atomic E-state index is 5.51. The van der Waals surface area contributed by atoms with E-state index in [9.17, 15) is 0 Å². The number of hydrogen-bond donors (Lipinski definition) is 1. The van der Waals surface area contributed by atoms with Gasteiger partial charge in [-0.15, -0.1) is 11.3 Å². The number of nitrogens with two attached hydrogens (primary N) is 1. The summed E-state index contributed by atoms with van der Waals surface area (Å²) >= 11 is 1.74. The number of ether oxygens (including phenoxy) is 1. The van der Waals surface area contributed by atoms with Crippen LogP contribution in [0.15, 0.2) is 34.6 Å². The van der Waals surface area contributed by atoms with Gasteiger partial charge in [0.2, 0.25) is 0 Å². The van der Waals surface area contributed by atoms with Crippen LogP contribution in [0.3, 0.4) is 0 Å². The Morgan fingerprint density at radius 1 is 1.40 bits per heavy atom. The molecule has 1 atom stereocenters. The van der Waals surface area contributed by atoms with Crippen LogP contribution in [0.5, 0.6) is 0 Å². The van der Waals surface area contributed by atoms with E-state index >= 15 is 0 Å². The second-order valence-corrected chi connectivity index (χ2v) is 4.39. The molecule has 0 saturated heterocycles. The van der Waals surface area contributed by atoms with Crippen molar-refractivity contribution in [2.45, 2.75) is 6.04 Å². The maximum absolute atomic E-state index is 5.51. The number of rotatable bonds is 1. The van der Waals surface area contributed by atoms with Gasteiger partial charge in [-0.2, -0.15) is 0 Å². The molecule has 1 aliphatic rings. The highest BCUT2D eigenvalue weighted by atomic mass is 32.1. The summed E-state index contributed by atoms with van der Waals surface area (Å²) in [5.74, 6) is 0. The smallest absolute Gasteiger partial charge is 0.282 e. The standard InChI is InChI=1S/C11H10N2OS/c12-11-13-9(5-14-11)8-6-15-10-4-2-1-3-7(8)10/h1-4,6,9H,5H2,(H2,12,13). The Balaban J connectivity index is 2.12. The summed E-state index contributed by atoms with van der Waals surface area (Å²) in [6.07, 6.45) is 0. The van der Waals surface area contributed by atoms with E-state index in [0.29, 0.717) is 12.6 Å². The van der Waals surface area contributed by atoms with Gasteiger partial charge < -0.3 is 10.5 Å². The van der Waals surface area contributed by atoms with Gasteiger partial charge in [-0.3, -0.25) is 0 Å². The fraction of sp³-hybridized carbons (Fsp3) is 0.182. The number of thiophene rings is 1. The van der Waals surface area contributed by atoms with Gasteiger partial charge in [0, 0.05) is 4.70 Å². The Kier molecular flexibility index (Phi) is 1.89. The first kappa shape index (κ1) is 8.73. The summed E-state index contributed by atoms with van der Waals surface area (Å²) in [6, 6.07) is 8.70. The first-order chi connectivity index (χ1) is 7.34. The van der Waals surface area contributed by atoms with E-state index in [0.717, 1.165) is 0 Å². The van der Waals surface area contributed by atoms with Crippen molar-refractivity contribution >= 4 is 27.4 Å². The molecule has 0 fully saturated rings. The minimum atomic E-state index is 0.0705. The molecule has 1 aromatic carbocycles. The Morgan fingerprint density at radius 3 is 3.07 bits per heavy atom. The molecule has 0 saturated carbocycles. The Bertz CT molecular complexity index is 532. The Morgan fingerprint density at radius 2 is 2.27 bits per heavy atom. The first-order valence-corrected chi connectivity index (χ1v) is 5.65. The van der Waals surface area contributed by atoms with Crippen LogP contribution in [0.4, 0.5) is 0 Å². The van der Waals surface area contributed by atoms with Crippen LogP contribution in [-0.4, -0.2) is 12.6 Å². The van der Waals surface area contributed by atoms with Gasteiger partial charge in [-0.05, 0) is 22.4 Å². The molecule has 0 aliphatic carbocycles. The molecule has 2 N–H and O–H groups in total. The van der Waals surface area contributed by atoms with Crippen molar-refractivity contribution in [3.63, 3.8) is 0 Å². The average Bonchev–Trinajstić information content (AvgIpc) is 2.83. The molecule has 0 spiro atoms. The van der Waals surface area contributed by atoms with Crippen LogP contribution in [0.2, 0.25) is 0 Å². The van der Waals surface area contributed by atoms with Crippen LogP contribution >= 0.6 is 11.3 Å². The number of fused-ring (bicyclic) bond motifs is 1. The quantitative estimate of drug-likeness (QED) is 0.798. The fourth-order valence-electron chi connectivity index (χ4n) is 1.81. The van der Waals surface area contributed by atoms with Gasteiger partial charge in [0.05, 0.1) is 0 Å². The lowest BCUT2D eigenvalue weighted by Crippen LogP contribution is -2.10. The van der Waals surface area contributed by atoms with Gasteiger partial charge in [-0.1, -0.05) is 18.2 Å². The third kappa shape index (κ3) is 1.37. The van der Waals surface area contributed by atoms with E-state index in [1.165, 1.54) is 15.6 Å². The summed E-state index contributed by atoms with van der Waals surface area (Å²) in [5, 5.41) is 3.40. The molecule has 2 heterocycles. The van der Waals surface area contributed by atoms with Crippen molar-refractivity contribution in [3.05, 3.63) is 35.2 Å². The van der Waals surface area contributed by atoms with Crippen molar-refractivity contribution in [2.75, 3.05) is 6.61 Å². The molecule has 1 aliphatic heterocycles. The normalized spacial score (nSPS) is 20.3. The fourth-order valence-corrected chi connectivity index (χ4v) is 2.82. The predicted octanol–water partition coefficient (Wildman–Crippen LogP) is 2.29. The van der Waals surface area contributed by atoms with Gasteiger partial charge in [0.25, 0.3) is 6.02 Å². The monoisotopic (exact) mass is 218 g/mol. The first-order valence-electron chi connectivity index (χ1n) is 4.77. The van der Waals surface area contributed by atoms with Crippen LogP contribution < -0.4 is 5.73 Å². The van der Waals surface area contributed by atoms with E-state index in [1.807, 2.05) is 12.1 Å². The third-order valence-corrected chi connectivity index (χ3v) is 3.52. The van der Waals surface area contributed by atoms with Gasteiger partial charge >= 0.3 is 0 Å². The van der Waals surface area contributed by atoms with Gasteiger partial charge in [0.1, 0.15) is 12.6 Å². The minimum Gasteiger partial charge on any atom is -0.463 e. The number of benzene rings is 1. The molecular weight excluding hydrogens is 208 g/mol. The van der Waals surface area contributed by atoms with E-state index < -0.39 is 0 Å². The van der Waals surface area contributed by atoms with Crippen LogP contribution in [0, 0.1) is 0 Å². The Hall–Kier alpha value is -1.55. The van der Waals surface area contributed by atoms with Crippen LogP contribution in [0.1, 0.15) is 11.6 Å². The zero-order chi connectivity index (χ0) is 10.3. The molecular formula is C11H10N2OS. The van der Waals surface area contributed by atoms with Crippen LogP contribution in [0.25, 0.3) is 10.1 Å². The van der Waals surface area contributed by atoms with Crippen molar-refractivity contribution in [3.8, 4) is 0 Å². The third-order valence-electron chi connectivity index (χ3n) is 2.54. The molecule has 1 unspecified atom stereocenters. The maximum Gasteiger partial charge on any atom is 0.282 e. The zero-order valence-electron chi connectivity index (χ0n) is 8.01. The van der Waals surface area contributed by atoms with Crippen molar-refractivity contribution in [2.24, 2.45) is 10.7 Å². The number of aliphatic imine (C=N–C) groups is 1. The Labute approximate surface area is 91.2 Å². The number of nitrogens with zero attached hydrogens (tertiary/aromatic N) is 1. The topological polar surface area (TPSA) is 47.6 Å². The summed E-state index contributed by atoms with van der Waals surface area (Å²) in [5.41, 5.74) is 6.73. The van der Waals surface area contributed by atoms with Crippen LogP contribution in [-0.2, 0) is 4.74 Å². The summed E-state index contributed by atoms with van der Waals surface area (Å²) in [4.78, 5) is 4.26. The average molecular weight is 218 g/mol. The minimum absolute atomic E-state index is 0.0705. The second-order valence-electron chi connectivity index (χ2n) is 3.48. The molecule has 3 rings (SSSR count). The molecule has 1 aromatic heterocycles. The molecule has 4 heteroatoms. The lowest BCUT2D eigenvalue weighted by Gasteiger charge is -2.02. The highest BCUT2D eigenvalue weighted by molar-refractivity contribution is 7.17. The zero-order valence-corrected chi connectivity index (χ0v) is 8.83. The molecule has 0 bridgehead atoms. The lowest BCUT2D eigenvalue weighted by molar-refractivity contribution is 0.316. The highest BCUT2D eigenvalue weighted by Gasteiger charge is 2.21. The van der Waals surface area contributed by atoms with Gasteiger partial charge in [0.15, 0.2) is 0 Å². The van der Waals surface area contributed by atoms with Gasteiger partial charge in [-0.25, -0.2) is 4.99 Å². The summed E-state index contributed by atoms with van der Waals surface area (Å²) in [6.45, 7) is 0.562. The lowest BCUT2D eigenvalue weighted by atomic mass is 10.1.